The summed E-state index contributed by atoms with van der Waals surface area (Å²) in [5.74, 6) is 1.44. The molecule has 0 aliphatic heterocycles. The van der Waals surface area contributed by atoms with Crippen molar-refractivity contribution < 1.29 is 10.0 Å². The number of nitrogens with zero attached hydrogens (tertiary/aromatic N) is 2. The van der Waals surface area contributed by atoms with Crippen molar-refractivity contribution in [2.45, 2.75) is 40.8 Å². The van der Waals surface area contributed by atoms with Crippen LogP contribution in [0, 0.1) is 11.8 Å². The van der Waals surface area contributed by atoms with Gasteiger partial charge in [-0.05, 0) is 11.8 Å². The van der Waals surface area contributed by atoms with Crippen molar-refractivity contribution in [3.63, 3.8) is 0 Å². The first-order valence-electron chi connectivity index (χ1n) is 5.12. The van der Waals surface area contributed by atoms with Crippen molar-refractivity contribution >= 4 is 0 Å². The van der Waals surface area contributed by atoms with E-state index in [2.05, 4.69) is 55.6 Å². The molecule has 14 heavy (non-hydrogen) atoms. The van der Waals surface area contributed by atoms with E-state index < -0.39 is 0 Å². The van der Waals surface area contributed by atoms with Gasteiger partial charge in [-0.1, -0.05) is 27.7 Å². The monoisotopic (exact) mass is 198 g/mol. The van der Waals surface area contributed by atoms with Gasteiger partial charge < -0.3 is 5.48 Å². The van der Waals surface area contributed by atoms with E-state index in [0.29, 0.717) is 0 Å². The van der Waals surface area contributed by atoms with Crippen LogP contribution in [0.15, 0.2) is 18.7 Å². The zero-order chi connectivity index (χ0) is 9.84. The van der Waals surface area contributed by atoms with E-state index in [-0.39, 0.29) is 5.48 Å². The van der Waals surface area contributed by atoms with Gasteiger partial charge in [-0.15, -0.1) is 0 Å². The maximum Gasteiger partial charge on any atom is 0.243 e. The van der Waals surface area contributed by atoms with Gasteiger partial charge in [0.1, 0.15) is 12.4 Å². The van der Waals surface area contributed by atoms with Gasteiger partial charge in [0.05, 0.1) is 13.1 Å². The minimum absolute atomic E-state index is 0. The fourth-order valence-electron chi connectivity index (χ4n) is 1.50. The van der Waals surface area contributed by atoms with Gasteiger partial charge in [0.25, 0.3) is 0 Å². The van der Waals surface area contributed by atoms with Crippen LogP contribution in [0.25, 0.3) is 0 Å². The lowest BCUT2D eigenvalue weighted by atomic mass is 10.2. The van der Waals surface area contributed by atoms with Crippen LogP contribution >= 0.6 is 0 Å². The molecule has 0 bridgehead atoms. The number of imidazole rings is 1. The Morgan fingerprint density at radius 1 is 1.14 bits per heavy atom. The smallest absolute Gasteiger partial charge is 0.243 e. The molecule has 3 heteroatoms. The van der Waals surface area contributed by atoms with Crippen LogP contribution in [0.3, 0.4) is 0 Å². The highest BCUT2D eigenvalue weighted by molar-refractivity contribution is 4.67. The number of rotatable bonds is 4. The quantitative estimate of drug-likeness (QED) is 0.681. The average molecular weight is 198 g/mol. The van der Waals surface area contributed by atoms with Crippen molar-refractivity contribution in [1.82, 2.24) is 4.57 Å². The third-order valence-electron chi connectivity index (χ3n) is 1.90. The van der Waals surface area contributed by atoms with Crippen LogP contribution in [0.5, 0.6) is 0 Å². The lowest BCUT2D eigenvalue weighted by Crippen LogP contribution is -2.33. The zero-order valence-corrected chi connectivity index (χ0v) is 9.64. The number of hydrogen-bond donors (Lipinski definition) is 0. The van der Waals surface area contributed by atoms with Crippen LogP contribution in [-0.2, 0) is 13.1 Å². The van der Waals surface area contributed by atoms with Crippen LogP contribution in [0.4, 0.5) is 0 Å². The topological polar surface area (TPSA) is 38.8 Å². The summed E-state index contributed by atoms with van der Waals surface area (Å²) in [4.78, 5) is 0. The maximum absolute atomic E-state index is 2.26. The molecular formula is C11H22N2O. The Morgan fingerprint density at radius 2 is 1.79 bits per heavy atom. The molecule has 0 aliphatic rings. The third kappa shape index (κ3) is 4.42. The maximum atomic E-state index is 2.26. The normalized spacial score (nSPS) is 10.7. The van der Waals surface area contributed by atoms with E-state index in [1.807, 2.05) is 0 Å². The van der Waals surface area contributed by atoms with Gasteiger partial charge in [0.2, 0.25) is 6.33 Å². The molecule has 0 fully saturated rings. The number of aromatic nitrogens is 2. The highest BCUT2D eigenvalue weighted by atomic mass is 16.0. The molecule has 1 N–H and O–H groups in total. The summed E-state index contributed by atoms with van der Waals surface area (Å²) in [6, 6.07) is 0. The molecule has 82 valence electrons. The third-order valence-corrected chi connectivity index (χ3v) is 1.90. The van der Waals surface area contributed by atoms with Crippen molar-refractivity contribution in [2.75, 3.05) is 0 Å². The summed E-state index contributed by atoms with van der Waals surface area (Å²) in [5, 5.41) is 0. The van der Waals surface area contributed by atoms with E-state index in [1.165, 1.54) is 0 Å². The van der Waals surface area contributed by atoms with Crippen LogP contribution < -0.4 is 4.57 Å². The van der Waals surface area contributed by atoms with Crippen LogP contribution in [0.1, 0.15) is 27.7 Å². The van der Waals surface area contributed by atoms with E-state index in [9.17, 15) is 0 Å². The first-order valence-corrected chi connectivity index (χ1v) is 5.12. The van der Waals surface area contributed by atoms with E-state index in [0.717, 1.165) is 24.9 Å². The average Bonchev–Trinajstić information content (AvgIpc) is 2.33. The second kappa shape index (κ2) is 5.81. The Bertz CT molecular complexity index is 229. The molecule has 0 saturated carbocycles. The van der Waals surface area contributed by atoms with Gasteiger partial charge in [0.15, 0.2) is 0 Å². The molecular weight excluding hydrogens is 176 g/mol. The fourth-order valence-corrected chi connectivity index (χ4v) is 1.50. The summed E-state index contributed by atoms with van der Waals surface area (Å²) in [6.45, 7) is 11.2. The van der Waals surface area contributed by atoms with Crippen molar-refractivity contribution in [3.05, 3.63) is 18.7 Å². The van der Waals surface area contributed by atoms with Gasteiger partial charge in [-0.2, -0.15) is 0 Å². The standard InChI is InChI=1S/C11H21N2.H2O/c1-10(2)7-12-5-6-13(9-12)8-11(3)4;/h5-6,9-11H,7-8H2,1-4H3;1H2/q+1;/p-1. The molecule has 0 spiro atoms. The lowest BCUT2D eigenvalue weighted by molar-refractivity contribution is -0.701. The Labute approximate surface area is 86.7 Å². The van der Waals surface area contributed by atoms with Crippen molar-refractivity contribution in [1.29, 1.82) is 0 Å². The molecule has 1 rings (SSSR count). The molecule has 0 aliphatic carbocycles. The van der Waals surface area contributed by atoms with Gasteiger partial charge in [-0.3, -0.25) is 0 Å². The molecule has 0 radical (unpaired) electrons. The van der Waals surface area contributed by atoms with Gasteiger partial charge in [-0.25, -0.2) is 9.13 Å². The SMILES string of the molecule is CC(C)Cn1cc[n+](CC(C)C)c1.[OH-]. The second-order valence-corrected chi connectivity index (χ2v) is 4.59. The molecule has 0 atom stereocenters. The number of hydrogen-bond acceptors (Lipinski definition) is 1. The molecule has 0 amide bonds. The van der Waals surface area contributed by atoms with Gasteiger partial charge >= 0.3 is 0 Å². The Balaban J connectivity index is 0.00000169. The molecule has 0 aromatic carbocycles. The largest absolute Gasteiger partial charge is 0.870 e. The lowest BCUT2D eigenvalue weighted by Gasteiger charge is -2.00. The van der Waals surface area contributed by atoms with E-state index >= 15 is 0 Å². The van der Waals surface area contributed by atoms with Crippen molar-refractivity contribution in [3.8, 4) is 0 Å². The summed E-state index contributed by atoms with van der Waals surface area (Å²) in [6.07, 6.45) is 6.50. The second-order valence-electron chi connectivity index (χ2n) is 4.59. The fraction of sp³-hybridized carbons (Fsp3) is 0.727. The molecule has 1 aromatic rings. The van der Waals surface area contributed by atoms with Crippen LogP contribution in [0.2, 0.25) is 0 Å². The minimum Gasteiger partial charge on any atom is -0.870 e. The molecule has 3 nitrogen and oxygen atoms in total. The zero-order valence-electron chi connectivity index (χ0n) is 9.64. The summed E-state index contributed by atoms with van der Waals surface area (Å²) < 4.78 is 4.51. The molecule has 1 aromatic heterocycles. The Kier molecular flexibility index (Phi) is 5.46. The summed E-state index contributed by atoms with van der Waals surface area (Å²) >= 11 is 0. The summed E-state index contributed by atoms with van der Waals surface area (Å²) in [7, 11) is 0. The first kappa shape index (κ1) is 13.2. The molecule has 0 saturated heterocycles. The first-order chi connectivity index (χ1) is 6.08. The predicted octanol–water partition coefficient (Wildman–Crippen LogP) is 1.91. The predicted molar refractivity (Wildman–Crippen MR) is 56.2 cm³/mol. The Hall–Kier alpha value is -0.830. The van der Waals surface area contributed by atoms with Gasteiger partial charge in [0, 0.05) is 0 Å². The molecule has 0 unspecified atom stereocenters. The highest BCUT2D eigenvalue weighted by Crippen LogP contribution is 1.97. The highest BCUT2D eigenvalue weighted by Gasteiger charge is 2.06. The van der Waals surface area contributed by atoms with E-state index in [1.54, 1.807) is 0 Å². The van der Waals surface area contributed by atoms with E-state index in [4.69, 9.17) is 0 Å². The molecule has 1 heterocycles. The van der Waals surface area contributed by atoms with Crippen molar-refractivity contribution in [2.24, 2.45) is 11.8 Å². The Morgan fingerprint density at radius 3 is 2.29 bits per heavy atom. The minimum atomic E-state index is 0. The van der Waals surface area contributed by atoms with Crippen LogP contribution in [-0.4, -0.2) is 10.0 Å². The summed E-state index contributed by atoms with van der Waals surface area (Å²) in [5.41, 5.74) is 0.